The van der Waals surface area contributed by atoms with Crippen LogP contribution in [0.1, 0.15) is 33.4 Å². The number of ether oxygens (including phenoxy) is 1. The van der Waals surface area contributed by atoms with Crippen molar-refractivity contribution in [2.45, 2.75) is 13.5 Å². The Kier molecular flexibility index (Phi) is 5.14. The van der Waals surface area contributed by atoms with Gasteiger partial charge in [0, 0.05) is 28.2 Å². The number of hydrogen-bond donors (Lipinski definition) is 2. The smallest absolute Gasteiger partial charge is 0.374 e. The van der Waals surface area contributed by atoms with Gasteiger partial charge in [-0.15, -0.1) is 0 Å². The number of halogens is 1. The van der Waals surface area contributed by atoms with E-state index in [4.69, 9.17) is 20.8 Å². The molecule has 0 fully saturated rings. The first-order valence-corrected chi connectivity index (χ1v) is 8.33. The summed E-state index contributed by atoms with van der Waals surface area (Å²) in [6.07, 6.45) is 0. The number of carboxylic acid groups (broad SMARTS) is 1. The number of anilines is 1. The number of fused-ring (bicyclic) bond motifs is 1. The fraction of sp³-hybridized carbons (Fsp3) is 0.158. The fourth-order valence-electron chi connectivity index (χ4n) is 2.67. The molecule has 0 saturated carbocycles. The monoisotopic (exact) mass is 373 g/mol. The van der Waals surface area contributed by atoms with Crippen molar-refractivity contribution >= 4 is 40.2 Å². The second-order valence-corrected chi connectivity index (χ2v) is 5.91. The molecule has 0 atom stereocenters. The normalized spacial score (nSPS) is 10.7. The molecule has 0 radical (unpaired) electrons. The van der Waals surface area contributed by atoms with Crippen LogP contribution >= 0.6 is 11.6 Å². The van der Waals surface area contributed by atoms with Gasteiger partial charge in [-0.1, -0.05) is 23.7 Å². The number of carbonyl (C=O) groups excluding carboxylic acids is 1. The standard InChI is InChI=1S/C19H16ClNO5/c1-2-25-19(24)17-14(13-9-11(20)7-8-16(13)26-17)10-21-15-6-4-3-5-12(15)18(22)23/h3-9,21H,2,10H2,1H3,(H,22,23). The maximum atomic E-state index is 12.2. The van der Waals surface area contributed by atoms with Crippen LogP contribution in [-0.2, 0) is 11.3 Å². The number of rotatable bonds is 6. The molecular formula is C19H16ClNO5. The zero-order chi connectivity index (χ0) is 18.7. The first-order chi connectivity index (χ1) is 12.5. The summed E-state index contributed by atoms with van der Waals surface area (Å²) in [4.78, 5) is 23.6. The molecule has 0 saturated heterocycles. The van der Waals surface area contributed by atoms with Gasteiger partial charge in [0.2, 0.25) is 5.76 Å². The van der Waals surface area contributed by atoms with Crippen molar-refractivity contribution < 1.29 is 23.8 Å². The van der Waals surface area contributed by atoms with Crippen molar-refractivity contribution in [2.24, 2.45) is 0 Å². The van der Waals surface area contributed by atoms with Gasteiger partial charge in [0.1, 0.15) is 5.58 Å². The van der Waals surface area contributed by atoms with E-state index in [1.54, 1.807) is 43.3 Å². The van der Waals surface area contributed by atoms with E-state index in [-0.39, 0.29) is 24.5 Å². The molecule has 1 heterocycles. The Labute approximate surface area is 154 Å². The summed E-state index contributed by atoms with van der Waals surface area (Å²) in [6, 6.07) is 11.6. The maximum absolute atomic E-state index is 12.2. The highest BCUT2D eigenvalue weighted by atomic mass is 35.5. The van der Waals surface area contributed by atoms with Crippen molar-refractivity contribution in [2.75, 3.05) is 11.9 Å². The lowest BCUT2D eigenvalue weighted by Gasteiger charge is -2.10. The minimum Gasteiger partial charge on any atom is -0.478 e. The maximum Gasteiger partial charge on any atom is 0.374 e. The molecule has 26 heavy (non-hydrogen) atoms. The minimum atomic E-state index is -1.04. The molecule has 6 nitrogen and oxygen atoms in total. The summed E-state index contributed by atoms with van der Waals surface area (Å²) in [5.74, 6) is -1.55. The Morgan fingerprint density at radius 2 is 2.00 bits per heavy atom. The van der Waals surface area contributed by atoms with Gasteiger partial charge in [-0.25, -0.2) is 9.59 Å². The first kappa shape index (κ1) is 17.8. The van der Waals surface area contributed by atoms with Gasteiger partial charge in [-0.2, -0.15) is 0 Å². The molecule has 3 aromatic rings. The lowest BCUT2D eigenvalue weighted by Crippen LogP contribution is -2.10. The van der Waals surface area contributed by atoms with E-state index < -0.39 is 11.9 Å². The van der Waals surface area contributed by atoms with Gasteiger partial charge in [-0.3, -0.25) is 0 Å². The van der Waals surface area contributed by atoms with Crippen LogP contribution in [0.3, 0.4) is 0 Å². The summed E-state index contributed by atoms with van der Waals surface area (Å²) in [5.41, 5.74) is 1.63. The predicted octanol–water partition coefficient (Wildman–Crippen LogP) is 4.57. The van der Waals surface area contributed by atoms with Crippen LogP contribution in [0.15, 0.2) is 46.9 Å². The topological polar surface area (TPSA) is 88.8 Å². The van der Waals surface area contributed by atoms with Crippen molar-refractivity contribution in [1.82, 2.24) is 0 Å². The number of aromatic carboxylic acids is 1. The Balaban J connectivity index is 2.01. The molecule has 2 aromatic carbocycles. The second-order valence-electron chi connectivity index (χ2n) is 5.47. The van der Waals surface area contributed by atoms with Gasteiger partial charge in [0.25, 0.3) is 0 Å². The molecule has 0 unspecified atom stereocenters. The van der Waals surface area contributed by atoms with E-state index in [0.717, 1.165) is 0 Å². The predicted molar refractivity (Wildman–Crippen MR) is 97.9 cm³/mol. The zero-order valence-electron chi connectivity index (χ0n) is 13.9. The van der Waals surface area contributed by atoms with Gasteiger partial charge in [0.05, 0.1) is 12.2 Å². The zero-order valence-corrected chi connectivity index (χ0v) is 14.7. The van der Waals surface area contributed by atoms with E-state index in [9.17, 15) is 14.7 Å². The number of para-hydroxylation sites is 1. The molecule has 1 aromatic heterocycles. The molecular weight excluding hydrogens is 358 g/mol. The third-order valence-electron chi connectivity index (χ3n) is 3.83. The highest BCUT2D eigenvalue weighted by molar-refractivity contribution is 6.31. The third-order valence-corrected chi connectivity index (χ3v) is 4.06. The average Bonchev–Trinajstić information content (AvgIpc) is 2.98. The van der Waals surface area contributed by atoms with E-state index in [1.165, 1.54) is 6.07 Å². The quantitative estimate of drug-likeness (QED) is 0.615. The number of hydrogen-bond acceptors (Lipinski definition) is 5. The van der Waals surface area contributed by atoms with Crippen LogP contribution in [0.5, 0.6) is 0 Å². The largest absolute Gasteiger partial charge is 0.478 e. The van der Waals surface area contributed by atoms with Gasteiger partial charge in [0.15, 0.2) is 0 Å². The molecule has 134 valence electrons. The van der Waals surface area contributed by atoms with Gasteiger partial charge < -0.3 is 19.6 Å². The Bertz CT molecular complexity index is 979. The van der Waals surface area contributed by atoms with Crippen molar-refractivity contribution in [3.05, 3.63) is 64.4 Å². The van der Waals surface area contributed by atoms with Crippen LogP contribution in [-0.4, -0.2) is 23.7 Å². The average molecular weight is 374 g/mol. The Morgan fingerprint density at radius 1 is 1.23 bits per heavy atom. The van der Waals surface area contributed by atoms with Crippen LogP contribution in [0.4, 0.5) is 5.69 Å². The molecule has 0 spiro atoms. The number of carbonyl (C=O) groups is 2. The van der Waals surface area contributed by atoms with Crippen molar-refractivity contribution in [3.8, 4) is 0 Å². The molecule has 3 rings (SSSR count). The van der Waals surface area contributed by atoms with E-state index in [0.29, 0.717) is 27.2 Å². The second kappa shape index (κ2) is 7.49. The number of esters is 1. The van der Waals surface area contributed by atoms with E-state index >= 15 is 0 Å². The third kappa shape index (κ3) is 3.50. The molecule has 0 amide bonds. The number of benzene rings is 2. The summed E-state index contributed by atoms with van der Waals surface area (Å²) in [5, 5.41) is 13.5. The summed E-state index contributed by atoms with van der Waals surface area (Å²) in [7, 11) is 0. The molecule has 0 bridgehead atoms. The number of furan rings is 1. The SMILES string of the molecule is CCOC(=O)c1oc2ccc(Cl)cc2c1CNc1ccccc1C(=O)O. The molecule has 0 aliphatic rings. The van der Waals surface area contributed by atoms with Crippen LogP contribution in [0.2, 0.25) is 5.02 Å². The minimum absolute atomic E-state index is 0.0735. The summed E-state index contributed by atoms with van der Waals surface area (Å²) in [6.45, 7) is 2.09. The Hall–Kier alpha value is -2.99. The molecule has 0 aliphatic carbocycles. The molecule has 0 aliphatic heterocycles. The van der Waals surface area contributed by atoms with Gasteiger partial charge >= 0.3 is 11.9 Å². The number of nitrogens with one attached hydrogen (secondary N) is 1. The molecule has 2 N–H and O–H groups in total. The highest BCUT2D eigenvalue weighted by Crippen LogP contribution is 2.30. The summed E-state index contributed by atoms with van der Waals surface area (Å²) >= 11 is 6.07. The Morgan fingerprint density at radius 3 is 2.73 bits per heavy atom. The van der Waals surface area contributed by atoms with Crippen molar-refractivity contribution in [1.29, 1.82) is 0 Å². The first-order valence-electron chi connectivity index (χ1n) is 7.95. The van der Waals surface area contributed by atoms with Crippen molar-refractivity contribution in [3.63, 3.8) is 0 Å². The number of carboxylic acids is 1. The van der Waals surface area contributed by atoms with E-state index in [1.807, 2.05) is 0 Å². The van der Waals surface area contributed by atoms with Crippen LogP contribution in [0, 0.1) is 0 Å². The van der Waals surface area contributed by atoms with E-state index in [2.05, 4.69) is 5.32 Å². The van der Waals surface area contributed by atoms with Crippen LogP contribution < -0.4 is 5.32 Å². The lowest BCUT2D eigenvalue weighted by molar-refractivity contribution is 0.0490. The van der Waals surface area contributed by atoms with Crippen LogP contribution in [0.25, 0.3) is 11.0 Å². The molecule has 7 heteroatoms. The summed E-state index contributed by atoms with van der Waals surface area (Å²) < 4.78 is 10.7. The fourth-order valence-corrected chi connectivity index (χ4v) is 2.84. The highest BCUT2D eigenvalue weighted by Gasteiger charge is 2.22. The lowest BCUT2D eigenvalue weighted by atomic mass is 10.1. The van der Waals surface area contributed by atoms with Gasteiger partial charge in [-0.05, 0) is 37.3 Å².